The van der Waals surface area contributed by atoms with Crippen molar-refractivity contribution in [3.8, 4) is 0 Å². The second-order valence-electron chi connectivity index (χ2n) is 5.75. The van der Waals surface area contributed by atoms with Crippen molar-refractivity contribution in [1.82, 2.24) is 9.55 Å². The third-order valence-corrected chi connectivity index (χ3v) is 3.64. The lowest BCUT2D eigenvalue weighted by Crippen LogP contribution is -2.22. The van der Waals surface area contributed by atoms with Crippen LogP contribution in [-0.2, 0) is 13.1 Å². The summed E-state index contributed by atoms with van der Waals surface area (Å²) in [6.45, 7) is 3.39. The van der Waals surface area contributed by atoms with Gasteiger partial charge in [0, 0.05) is 24.6 Å². The van der Waals surface area contributed by atoms with E-state index in [9.17, 15) is 0 Å². The summed E-state index contributed by atoms with van der Waals surface area (Å²) in [6, 6.07) is 16.4. The number of hydrogen-bond acceptors (Lipinski definition) is 2. The van der Waals surface area contributed by atoms with Crippen molar-refractivity contribution in [3.05, 3.63) is 83.9 Å². The molecular formula is C19H21N5. The van der Waals surface area contributed by atoms with Crippen LogP contribution in [0.15, 0.2) is 72.2 Å². The molecule has 0 fully saturated rings. The molecule has 0 spiro atoms. The monoisotopic (exact) mass is 319 g/mol. The summed E-state index contributed by atoms with van der Waals surface area (Å²) >= 11 is 0. The molecule has 1 heterocycles. The van der Waals surface area contributed by atoms with E-state index in [0.717, 1.165) is 17.8 Å². The smallest absolute Gasteiger partial charge is 0.193 e. The second kappa shape index (κ2) is 7.46. The number of nitrogens with two attached hydrogens (primary N) is 1. The number of guanidine groups is 1. The molecular weight excluding hydrogens is 298 g/mol. The SMILES string of the molecule is Cc1cccc(NC(N)=NCc2cccc(Cn3ccnc3)c2)c1. The molecule has 122 valence electrons. The van der Waals surface area contributed by atoms with Crippen LogP contribution in [0.25, 0.3) is 0 Å². The van der Waals surface area contributed by atoms with E-state index in [2.05, 4.69) is 33.5 Å². The first-order valence-electron chi connectivity index (χ1n) is 7.86. The van der Waals surface area contributed by atoms with Gasteiger partial charge in [0.2, 0.25) is 0 Å². The van der Waals surface area contributed by atoms with Gasteiger partial charge in [-0.15, -0.1) is 0 Å². The summed E-state index contributed by atoms with van der Waals surface area (Å²) in [5.41, 5.74) is 10.4. The Morgan fingerprint density at radius 3 is 2.79 bits per heavy atom. The molecule has 0 saturated heterocycles. The number of nitrogens with one attached hydrogen (secondary N) is 1. The number of aliphatic imine (C=N–C) groups is 1. The number of hydrogen-bond donors (Lipinski definition) is 2. The normalized spacial score (nSPS) is 11.5. The lowest BCUT2D eigenvalue weighted by Gasteiger charge is -2.07. The molecule has 1 aromatic heterocycles. The van der Waals surface area contributed by atoms with Crippen molar-refractivity contribution < 1.29 is 0 Å². The molecule has 0 unspecified atom stereocenters. The van der Waals surface area contributed by atoms with E-state index in [1.54, 1.807) is 6.20 Å². The molecule has 0 amide bonds. The first-order chi connectivity index (χ1) is 11.7. The fourth-order valence-corrected chi connectivity index (χ4v) is 2.50. The minimum Gasteiger partial charge on any atom is -0.370 e. The van der Waals surface area contributed by atoms with Crippen LogP contribution < -0.4 is 11.1 Å². The molecule has 3 rings (SSSR count). The zero-order valence-electron chi connectivity index (χ0n) is 13.7. The van der Waals surface area contributed by atoms with Crippen molar-refractivity contribution in [2.24, 2.45) is 10.7 Å². The van der Waals surface area contributed by atoms with Crippen LogP contribution in [0.5, 0.6) is 0 Å². The highest BCUT2D eigenvalue weighted by Crippen LogP contribution is 2.10. The predicted octanol–water partition coefficient (Wildman–Crippen LogP) is 3.17. The van der Waals surface area contributed by atoms with E-state index in [1.807, 2.05) is 54.3 Å². The van der Waals surface area contributed by atoms with Gasteiger partial charge in [-0.05, 0) is 35.7 Å². The molecule has 5 heteroatoms. The van der Waals surface area contributed by atoms with E-state index in [0.29, 0.717) is 12.5 Å². The van der Waals surface area contributed by atoms with Crippen LogP contribution in [0.3, 0.4) is 0 Å². The van der Waals surface area contributed by atoms with E-state index in [-0.39, 0.29) is 0 Å². The zero-order valence-corrected chi connectivity index (χ0v) is 13.7. The Hall–Kier alpha value is -3.08. The Morgan fingerprint density at radius 1 is 1.17 bits per heavy atom. The van der Waals surface area contributed by atoms with Gasteiger partial charge in [0.05, 0.1) is 12.9 Å². The summed E-state index contributed by atoms with van der Waals surface area (Å²) < 4.78 is 2.04. The first kappa shape index (κ1) is 15.8. The number of benzene rings is 2. The summed E-state index contributed by atoms with van der Waals surface area (Å²) in [5.74, 6) is 0.417. The van der Waals surface area contributed by atoms with Gasteiger partial charge in [-0.2, -0.15) is 0 Å². The van der Waals surface area contributed by atoms with Crippen LogP contribution >= 0.6 is 0 Å². The standard InChI is InChI=1S/C19H21N5/c1-15-4-2-7-18(10-15)23-19(20)22-12-16-5-3-6-17(11-16)13-24-9-8-21-14-24/h2-11,14H,12-13H2,1H3,(H3,20,22,23). The third-order valence-electron chi connectivity index (χ3n) is 3.64. The molecule has 0 aliphatic rings. The van der Waals surface area contributed by atoms with Gasteiger partial charge < -0.3 is 15.6 Å². The summed E-state index contributed by atoms with van der Waals surface area (Å²) in [5, 5.41) is 3.12. The Labute approximate surface area is 141 Å². The molecule has 0 atom stereocenters. The van der Waals surface area contributed by atoms with Gasteiger partial charge in [0.15, 0.2) is 5.96 Å². The highest BCUT2D eigenvalue weighted by atomic mass is 15.1. The molecule has 0 bridgehead atoms. The van der Waals surface area contributed by atoms with E-state index in [4.69, 9.17) is 5.73 Å². The van der Waals surface area contributed by atoms with Crippen LogP contribution in [0, 0.1) is 6.92 Å². The summed E-state index contributed by atoms with van der Waals surface area (Å²) in [7, 11) is 0. The molecule has 0 aliphatic heterocycles. The van der Waals surface area contributed by atoms with Crippen molar-refractivity contribution in [2.45, 2.75) is 20.0 Å². The maximum atomic E-state index is 5.98. The number of anilines is 1. The Kier molecular flexibility index (Phi) is 4.91. The Balaban J connectivity index is 1.63. The van der Waals surface area contributed by atoms with Crippen LogP contribution in [0.1, 0.15) is 16.7 Å². The lowest BCUT2D eigenvalue weighted by molar-refractivity contribution is 0.795. The molecule has 3 aromatic rings. The number of nitrogens with zero attached hydrogens (tertiary/aromatic N) is 3. The molecule has 2 aromatic carbocycles. The average Bonchev–Trinajstić information content (AvgIpc) is 3.06. The van der Waals surface area contributed by atoms with Gasteiger partial charge in [-0.3, -0.25) is 0 Å². The van der Waals surface area contributed by atoms with E-state index < -0.39 is 0 Å². The van der Waals surface area contributed by atoms with Gasteiger partial charge in [0.1, 0.15) is 0 Å². The third kappa shape index (κ3) is 4.46. The highest BCUT2D eigenvalue weighted by Gasteiger charge is 1.99. The van der Waals surface area contributed by atoms with Gasteiger partial charge in [-0.25, -0.2) is 9.98 Å². The van der Waals surface area contributed by atoms with Crippen LogP contribution in [0.2, 0.25) is 0 Å². The molecule has 24 heavy (non-hydrogen) atoms. The molecule has 0 radical (unpaired) electrons. The average molecular weight is 319 g/mol. The zero-order chi connectivity index (χ0) is 16.8. The topological polar surface area (TPSA) is 68.2 Å². The summed E-state index contributed by atoms with van der Waals surface area (Å²) in [4.78, 5) is 8.48. The van der Waals surface area contributed by atoms with E-state index >= 15 is 0 Å². The van der Waals surface area contributed by atoms with Crippen molar-refractivity contribution in [3.63, 3.8) is 0 Å². The molecule has 0 saturated carbocycles. The van der Waals surface area contributed by atoms with Crippen molar-refractivity contribution >= 4 is 11.6 Å². The highest BCUT2D eigenvalue weighted by molar-refractivity contribution is 5.92. The van der Waals surface area contributed by atoms with E-state index in [1.165, 1.54) is 11.1 Å². The number of imidazole rings is 1. The lowest BCUT2D eigenvalue weighted by atomic mass is 10.1. The maximum absolute atomic E-state index is 5.98. The summed E-state index contributed by atoms with van der Waals surface area (Å²) in [6.07, 6.45) is 5.55. The van der Waals surface area contributed by atoms with Crippen LogP contribution in [0.4, 0.5) is 5.69 Å². The van der Waals surface area contributed by atoms with Crippen LogP contribution in [-0.4, -0.2) is 15.5 Å². The fraction of sp³-hybridized carbons (Fsp3) is 0.158. The number of aromatic nitrogens is 2. The largest absolute Gasteiger partial charge is 0.370 e. The minimum absolute atomic E-state index is 0.417. The Bertz CT molecular complexity index is 821. The Morgan fingerprint density at radius 2 is 2.00 bits per heavy atom. The van der Waals surface area contributed by atoms with Gasteiger partial charge in [0.25, 0.3) is 0 Å². The number of aryl methyl sites for hydroxylation is 1. The fourth-order valence-electron chi connectivity index (χ4n) is 2.50. The number of rotatable bonds is 5. The van der Waals surface area contributed by atoms with Crippen molar-refractivity contribution in [2.75, 3.05) is 5.32 Å². The van der Waals surface area contributed by atoms with Gasteiger partial charge >= 0.3 is 0 Å². The maximum Gasteiger partial charge on any atom is 0.193 e. The van der Waals surface area contributed by atoms with Crippen molar-refractivity contribution in [1.29, 1.82) is 0 Å². The van der Waals surface area contributed by atoms with Gasteiger partial charge in [-0.1, -0.05) is 36.4 Å². The second-order valence-corrected chi connectivity index (χ2v) is 5.75. The minimum atomic E-state index is 0.417. The quantitative estimate of drug-likeness (QED) is 0.560. The molecule has 5 nitrogen and oxygen atoms in total. The molecule has 0 aliphatic carbocycles. The molecule has 3 N–H and O–H groups in total. The predicted molar refractivity (Wildman–Crippen MR) is 97.9 cm³/mol. The first-order valence-corrected chi connectivity index (χ1v) is 7.86.